The molecule has 2 heterocycles. The second kappa shape index (κ2) is 8.63. The Hall–Kier alpha value is -2.25. The van der Waals surface area contributed by atoms with Crippen molar-refractivity contribution in [3.63, 3.8) is 0 Å². The zero-order valence-electron chi connectivity index (χ0n) is 15.9. The third kappa shape index (κ3) is 4.20. The standard InChI is InChI=1S/C20H26FN3O3/c1-3-27-14-4-9-24-19(25)17(15-5-7-16(21)8-6-15)18(20(24)26)23-12-10-22(2)11-13-23/h5-8H,3-4,9-14H2,1-2H3. The Kier molecular flexibility index (Phi) is 6.23. The van der Waals surface area contributed by atoms with Crippen molar-refractivity contribution in [2.45, 2.75) is 13.3 Å². The molecule has 2 amide bonds. The molecule has 0 unspecified atom stereocenters. The molecular weight excluding hydrogens is 349 g/mol. The Morgan fingerprint density at radius 1 is 1.04 bits per heavy atom. The van der Waals surface area contributed by atoms with Gasteiger partial charge in [0.25, 0.3) is 11.8 Å². The number of imide groups is 1. The number of carbonyl (C=O) groups excluding carboxylic acids is 2. The fourth-order valence-electron chi connectivity index (χ4n) is 3.44. The van der Waals surface area contributed by atoms with E-state index in [2.05, 4.69) is 4.90 Å². The van der Waals surface area contributed by atoms with E-state index in [1.54, 1.807) is 12.1 Å². The summed E-state index contributed by atoms with van der Waals surface area (Å²) < 4.78 is 18.7. The lowest BCUT2D eigenvalue weighted by Gasteiger charge is -2.34. The van der Waals surface area contributed by atoms with Crippen LogP contribution in [0.1, 0.15) is 18.9 Å². The van der Waals surface area contributed by atoms with Crippen LogP contribution in [0.2, 0.25) is 0 Å². The second-order valence-corrected chi connectivity index (χ2v) is 6.83. The number of ether oxygens (including phenoxy) is 1. The van der Waals surface area contributed by atoms with Crippen molar-refractivity contribution in [3.05, 3.63) is 41.3 Å². The van der Waals surface area contributed by atoms with Gasteiger partial charge in [0.15, 0.2) is 0 Å². The van der Waals surface area contributed by atoms with Gasteiger partial charge in [-0.2, -0.15) is 0 Å². The van der Waals surface area contributed by atoms with Gasteiger partial charge in [-0.3, -0.25) is 14.5 Å². The van der Waals surface area contributed by atoms with Crippen molar-refractivity contribution in [1.82, 2.24) is 14.7 Å². The van der Waals surface area contributed by atoms with Crippen LogP contribution >= 0.6 is 0 Å². The number of hydrogen-bond donors (Lipinski definition) is 0. The van der Waals surface area contributed by atoms with Gasteiger partial charge in [-0.05, 0) is 38.1 Å². The van der Waals surface area contributed by atoms with Crippen LogP contribution in [-0.2, 0) is 14.3 Å². The average Bonchev–Trinajstić information content (AvgIpc) is 2.91. The van der Waals surface area contributed by atoms with Gasteiger partial charge in [-0.15, -0.1) is 0 Å². The van der Waals surface area contributed by atoms with Crippen LogP contribution in [0.3, 0.4) is 0 Å². The Morgan fingerprint density at radius 2 is 1.70 bits per heavy atom. The van der Waals surface area contributed by atoms with Crippen molar-refractivity contribution >= 4 is 17.4 Å². The lowest BCUT2D eigenvalue weighted by atomic mass is 10.0. The topological polar surface area (TPSA) is 53.1 Å². The Bertz CT molecular complexity index is 724. The molecule has 0 spiro atoms. The van der Waals surface area contributed by atoms with Gasteiger partial charge in [0.1, 0.15) is 11.5 Å². The molecule has 1 fully saturated rings. The largest absolute Gasteiger partial charge is 0.382 e. The molecule has 1 aromatic rings. The molecule has 0 bridgehead atoms. The van der Waals surface area contributed by atoms with E-state index in [0.29, 0.717) is 56.1 Å². The third-order valence-corrected chi connectivity index (χ3v) is 4.97. The number of hydrogen-bond acceptors (Lipinski definition) is 5. The average molecular weight is 375 g/mol. The Morgan fingerprint density at radius 3 is 2.33 bits per heavy atom. The number of piperazine rings is 1. The molecule has 146 valence electrons. The second-order valence-electron chi connectivity index (χ2n) is 6.83. The monoisotopic (exact) mass is 375 g/mol. The quantitative estimate of drug-likeness (QED) is 0.535. The first-order chi connectivity index (χ1) is 13.0. The maximum absolute atomic E-state index is 13.3. The summed E-state index contributed by atoms with van der Waals surface area (Å²) in [6.07, 6.45) is 0.595. The SMILES string of the molecule is CCOCCCN1C(=O)C(c2ccc(F)cc2)=C(N2CCN(C)CC2)C1=O. The van der Waals surface area contributed by atoms with Crippen LogP contribution in [0.25, 0.3) is 5.57 Å². The lowest BCUT2D eigenvalue weighted by molar-refractivity contribution is -0.137. The molecule has 0 saturated carbocycles. The molecule has 0 aromatic heterocycles. The molecule has 3 rings (SSSR count). The molecular formula is C20H26FN3O3. The van der Waals surface area contributed by atoms with E-state index in [1.165, 1.54) is 17.0 Å². The smallest absolute Gasteiger partial charge is 0.277 e. The van der Waals surface area contributed by atoms with Gasteiger partial charge in [-0.1, -0.05) is 12.1 Å². The zero-order valence-corrected chi connectivity index (χ0v) is 15.9. The first kappa shape index (κ1) is 19.5. The van der Waals surface area contributed by atoms with Gasteiger partial charge in [0.05, 0.1) is 5.57 Å². The highest BCUT2D eigenvalue weighted by atomic mass is 19.1. The van der Waals surface area contributed by atoms with Crippen LogP contribution in [0.4, 0.5) is 4.39 Å². The molecule has 1 aromatic carbocycles. The van der Waals surface area contributed by atoms with Crippen molar-refractivity contribution in [2.75, 3.05) is 53.0 Å². The summed E-state index contributed by atoms with van der Waals surface area (Å²) in [6, 6.07) is 5.77. The van der Waals surface area contributed by atoms with E-state index in [-0.39, 0.29) is 17.6 Å². The van der Waals surface area contributed by atoms with Crippen molar-refractivity contribution in [1.29, 1.82) is 0 Å². The molecule has 1 saturated heterocycles. The minimum Gasteiger partial charge on any atom is -0.382 e. The number of nitrogens with zero attached hydrogens (tertiary/aromatic N) is 3. The van der Waals surface area contributed by atoms with E-state index < -0.39 is 0 Å². The van der Waals surface area contributed by atoms with Crippen LogP contribution < -0.4 is 0 Å². The fourth-order valence-corrected chi connectivity index (χ4v) is 3.44. The summed E-state index contributed by atoms with van der Waals surface area (Å²) in [5.74, 6) is -0.941. The molecule has 0 radical (unpaired) electrons. The fraction of sp³-hybridized carbons (Fsp3) is 0.500. The maximum atomic E-state index is 13.3. The van der Waals surface area contributed by atoms with E-state index >= 15 is 0 Å². The summed E-state index contributed by atoms with van der Waals surface area (Å²) in [4.78, 5) is 31.6. The molecule has 2 aliphatic heterocycles. The van der Waals surface area contributed by atoms with Gasteiger partial charge in [0, 0.05) is 45.9 Å². The molecule has 6 nitrogen and oxygen atoms in total. The highest BCUT2D eigenvalue weighted by Gasteiger charge is 2.41. The number of benzene rings is 1. The molecule has 0 N–H and O–H groups in total. The summed E-state index contributed by atoms with van der Waals surface area (Å²) in [7, 11) is 2.04. The van der Waals surface area contributed by atoms with E-state index in [4.69, 9.17) is 4.74 Å². The van der Waals surface area contributed by atoms with Gasteiger partial charge >= 0.3 is 0 Å². The molecule has 0 atom stereocenters. The summed E-state index contributed by atoms with van der Waals surface area (Å²) in [6.45, 7) is 6.35. The van der Waals surface area contributed by atoms with Crippen molar-refractivity contribution < 1.29 is 18.7 Å². The predicted molar refractivity (Wildman–Crippen MR) is 100 cm³/mol. The van der Waals surface area contributed by atoms with Gasteiger partial charge in [0.2, 0.25) is 0 Å². The summed E-state index contributed by atoms with van der Waals surface area (Å²) >= 11 is 0. The predicted octanol–water partition coefficient (Wildman–Crippen LogP) is 1.58. The van der Waals surface area contributed by atoms with Gasteiger partial charge in [-0.25, -0.2) is 4.39 Å². The molecule has 2 aliphatic rings. The number of amides is 2. The van der Waals surface area contributed by atoms with Crippen LogP contribution in [-0.4, -0.2) is 79.5 Å². The Balaban J connectivity index is 1.89. The van der Waals surface area contributed by atoms with Crippen LogP contribution in [0.15, 0.2) is 30.0 Å². The van der Waals surface area contributed by atoms with Crippen LogP contribution in [0.5, 0.6) is 0 Å². The number of halogens is 1. The van der Waals surface area contributed by atoms with Crippen molar-refractivity contribution in [3.8, 4) is 0 Å². The lowest BCUT2D eigenvalue weighted by Crippen LogP contribution is -2.46. The molecule has 0 aliphatic carbocycles. The summed E-state index contributed by atoms with van der Waals surface area (Å²) in [5.41, 5.74) is 1.40. The minimum atomic E-state index is -0.370. The third-order valence-electron chi connectivity index (χ3n) is 4.97. The van der Waals surface area contributed by atoms with Crippen LogP contribution in [0, 0.1) is 5.82 Å². The maximum Gasteiger partial charge on any atom is 0.277 e. The number of rotatable bonds is 7. The van der Waals surface area contributed by atoms with E-state index in [1.807, 2.05) is 18.9 Å². The highest BCUT2D eigenvalue weighted by molar-refractivity contribution is 6.35. The zero-order chi connectivity index (χ0) is 19.4. The van der Waals surface area contributed by atoms with E-state index in [0.717, 1.165) is 13.1 Å². The highest BCUT2D eigenvalue weighted by Crippen LogP contribution is 2.32. The molecule has 27 heavy (non-hydrogen) atoms. The minimum absolute atomic E-state index is 0.264. The van der Waals surface area contributed by atoms with Crippen molar-refractivity contribution in [2.24, 2.45) is 0 Å². The summed E-state index contributed by atoms with van der Waals surface area (Å²) in [5, 5.41) is 0. The normalized spacial score (nSPS) is 18.8. The van der Waals surface area contributed by atoms with E-state index in [9.17, 15) is 14.0 Å². The Labute approximate surface area is 159 Å². The first-order valence-electron chi connectivity index (χ1n) is 9.40. The molecule has 7 heteroatoms. The first-order valence-corrected chi connectivity index (χ1v) is 9.40. The number of carbonyl (C=O) groups is 2. The number of likely N-dealkylation sites (N-methyl/N-ethyl adjacent to an activating group) is 1. The van der Waals surface area contributed by atoms with Gasteiger partial charge < -0.3 is 14.5 Å².